The largest absolute Gasteiger partial charge is 0.445 e. The maximum atomic E-state index is 12.6. The number of benzene rings is 1. The third-order valence-corrected chi connectivity index (χ3v) is 5.19. The van der Waals surface area contributed by atoms with Crippen LogP contribution in [0.3, 0.4) is 0 Å². The molecule has 1 aliphatic heterocycles. The molecule has 6 nitrogen and oxygen atoms in total. The highest BCUT2D eigenvalue weighted by Gasteiger charge is 2.32. The van der Waals surface area contributed by atoms with Crippen molar-refractivity contribution in [1.82, 2.24) is 9.80 Å². The molecule has 27 heavy (non-hydrogen) atoms. The Bertz CT molecular complexity index is 606. The predicted molar refractivity (Wildman–Crippen MR) is 106 cm³/mol. The van der Waals surface area contributed by atoms with Crippen molar-refractivity contribution in [2.75, 3.05) is 19.6 Å². The van der Waals surface area contributed by atoms with Gasteiger partial charge < -0.3 is 20.3 Å². The molecule has 150 valence electrons. The number of carbonyl (C=O) groups excluding carboxylic acids is 2. The van der Waals surface area contributed by atoms with Crippen LogP contribution in [0.1, 0.15) is 45.6 Å². The maximum absolute atomic E-state index is 12.6. The van der Waals surface area contributed by atoms with Crippen molar-refractivity contribution < 1.29 is 14.3 Å². The first-order valence-corrected chi connectivity index (χ1v) is 9.95. The molecule has 0 aliphatic carbocycles. The Morgan fingerprint density at radius 1 is 1.26 bits per heavy atom. The van der Waals surface area contributed by atoms with Crippen LogP contribution in [0.5, 0.6) is 0 Å². The average molecular weight is 376 g/mol. The second-order valence-corrected chi connectivity index (χ2v) is 7.53. The van der Waals surface area contributed by atoms with Gasteiger partial charge in [-0.15, -0.1) is 0 Å². The van der Waals surface area contributed by atoms with Gasteiger partial charge in [-0.25, -0.2) is 4.79 Å². The van der Waals surface area contributed by atoms with Crippen LogP contribution >= 0.6 is 0 Å². The van der Waals surface area contributed by atoms with Crippen LogP contribution in [0.25, 0.3) is 0 Å². The highest BCUT2D eigenvalue weighted by molar-refractivity contribution is 5.82. The zero-order chi connectivity index (χ0) is 19.8. The summed E-state index contributed by atoms with van der Waals surface area (Å²) in [6.45, 7) is 7.87. The van der Waals surface area contributed by atoms with Gasteiger partial charge >= 0.3 is 6.09 Å². The van der Waals surface area contributed by atoms with E-state index < -0.39 is 6.04 Å². The number of amides is 2. The van der Waals surface area contributed by atoms with Gasteiger partial charge in [0.05, 0.1) is 12.1 Å². The number of likely N-dealkylation sites (tertiary alicyclic amines) is 1. The lowest BCUT2D eigenvalue weighted by molar-refractivity contribution is -0.134. The van der Waals surface area contributed by atoms with E-state index in [2.05, 4.69) is 0 Å². The van der Waals surface area contributed by atoms with Crippen molar-refractivity contribution in [2.45, 2.75) is 58.7 Å². The Morgan fingerprint density at radius 2 is 1.96 bits per heavy atom. The van der Waals surface area contributed by atoms with Crippen molar-refractivity contribution in [3.05, 3.63) is 35.9 Å². The van der Waals surface area contributed by atoms with E-state index in [0.29, 0.717) is 19.6 Å². The quantitative estimate of drug-likeness (QED) is 0.795. The minimum Gasteiger partial charge on any atom is -0.445 e. The van der Waals surface area contributed by atoms with E-state index in [1.807, 2.05) is 51.1 Å². The summed E-state index contributed by atoms with van der Waals surface area (Å²) in [6, 6.07) is 9.13. The zero-order valence-corrected chi connectivity index (χ0v) is 16.8. The average Bonchev–Trinajstić information content (AvgIpc) is 2.70. The van der Waals surface area contributed by atoms with E-state index in [0.717, 1.165) is 24.8 Å². The van der Waals surface area contributed by atoms with E-state index in [4.69, 9.17) is 10.5 Å². The van der Waals surface area contributed by atoms with Crippen LogP contribution in [-0.2, 0) is 16.1 Å². The Hall–Kier alpha value is -2.08. The summed E-state index contributed by atoms with van der Waals surface area (Å²) in [5.74, 6) is 0.0422. The molecule has 0 aromatic heterocycles. The first-order chi connectivity index (χ1) is 12.9. The first-order valence-electron chi connectivity index (χ1n) is 9.95. The van der Waals surface area contributed by atoms with Crippen LogP contribution in [0.4, 0.5) is 4.79 Å². The zero-order valence-electron chi connectivity index (χ0n) is 16.8. The summed E-state index contributed by atoms with van der Waals surface area (Å²) < 4.78 is 5.52. The molecule has 1 saturated heterocycles. The lowest BCUT2D eigenvalue weighted by Gasteiger charge is -2.38. The standard InChI is InChI=1S/C21H33N3O3/c1-4-23(20(25)19(22)16(2)3)14-18-12-8-9-13-24(18)21(26)27-15-17-10-6-5-7-11-17/h5-7,10-11,16,18-19H,4,8-9,12-15,22H2,1-3H3. The first kappa shape index (κ1) is 21.2. The normalized spacial score (nSPS) is 18.3. The predicted octanol–water partition coefficient (Wildman–Crippen LogP) is 3.01. The Labute approximate surface area is 162 Å². The topological polar surface area (TPSA) is 75.9 Å². The van der Waals surface area contributed by atoms with Crippen LogP contribution in [0, 0.1) is 5.92 Å². The molecule has 1 aromatic rings. The summed E-state index contributed by atoms with van der Waals surface area (Å²) in [5, 5.41) is 0. The molecule has 0 bridgehead atoms. The summed E-state index contributed by atoms with van der Waals surface area (Å²) in [5.41, 5.74) is 7.02. The third kappa shape index (κ3) is 5.96. The maximum Gasteiger partial charge on any atom is 0.410 e. The second-order valence-electron chi connectivity index (χ2n) is 7.53. The number of rotatable bonds is 7. The van der Waals surface area contributed by atoms with Gasteiger partial charge in [0, 0.05) is 19.6 Å². The summed E-state index contributed by atoms with van der Waals surface area (Å²) in [6.07, 6.45) is 2.58. The lowest BCUT2D eigenvalue weighted by atomic mass is 10.0. The molecule has 1 aliphatic rings. The van der Waals surface area contributed by atoms with Crippen molar-refractivity contribution in [2.24, 2.45) is 11.7 Å². The third-order valence-electron chi connectivity index (χ3n) is 5.19. The summed E-state index contributed by atoms with van der Waals surface area (Å²) in [4.78, 5) is 28.8. The van der Waals surface area contributed by atoms with Gasteiger partial charge in [-0.3, -0.25) is 4.79 Å². The van der Waals surface area contributed by atoms with Crippen LogP contribution in [-0.4, -0.2) is 53.5 Å². The van der Waals surface area contributed by atoms with Gasteiger partial charge in [0.2, 0.25) is 5.91 Å². The summed E-state index contributed by atoms with van der Waals surface area (Å²) >= 11 is 0. The van der Waals surface area contributed by atoms with Crippen molar-refractivity contribution in [1.29, 1.82) is 0 Å². The molecule has 2 unspecified atom stereocenters. The second kappa shape index (κ2) is 10.3. The molecule has 1 fully saturated rings. The van der Waals surface area contributed by atoms with Gasteiger partial charge in [0.25, 0.3) is 0 Å². The number of hydrogen-bond donors (Lipinski definition) is 1. The van der Waals surface area contributed by atoms with Gasteiger partial charge in [-0.2, -0.15) is 0 Å². The molecule has 2 atom stereocenters. The number of likely N-dealkylation sites (N-methyl/N-ethyl adjacent to an activating group) is 1. The number of hydrogen-bond acceptors (Lipinski definition) is 4. The molecule has 0 spiro atoms. The SMILES string of the molecule is CCN(CC1CCCCN1C(=O)OCc1ccccc1)C(=O)C(N)C(C)C. The Morgan fingerprint density at radius 3 is 2.59 bits per heavy atom. The molecule has 2 N–H and O–H groups in total. The van der Waals surface area contributed by atoms with E-state index in [1.165, 1.54) is 0 Å². The van der Waals surface area contributed by atoms with Gasteiger partial charge in [-0.05, 0) is 37.7 Å². The fraction of sp³-hybridized carbons (Fsp3) is 0.619. The summed E-state index contributed by atoms with van der Waals surface area (Å²) in [7, 11) is 0. The van der Waals surface area contributed by atoms with Crippen molar-refractivity contribution >= 4 is 12.0 Å². The van der Waals surface area contributed by atoms with Crippen LogP contribution in [0.15, 0.2) is 30.3 Å². The van der Waals surface area contributed by atoms with Gasteiger partial charge in [-0.1, -0.05) is 44.2 Å². The lowest BCUT2D eigenvalue weighted by Crippen LogP contribution is -2.54. The molecule has 2 rings (SSSR count). The monoisotopic (exact) mass is 375 g/mol. The molecule has 0 saturated carbocycles. The van der Waals surface area contributed by atoms with Gasteiger partial charge in [0.1, 0.15) is 6.61 Å². The number of nitrogens with zero attached hydrogens (tertiary/aromatic N) is 2. The van der Waals surface area contributed by atoms with Crippen molar-refractivity contribution in [3.8, 4) is 0 Å². The molecule has 1 heterocycles. The minimum atomic E-state index is -0.507. The van der Waals surface area contributed by atoms with E-state index in [1.54, 1.807) is 9.80 Å². The number of piperidine rings is 1. The number of carbonyl (C=O) groups is 2. The fourth-order valence-electron chi connectivity index (χ4n) is 3.36. The van der Waals surface area contributed by atoms with E-state index in [-0.39, 0.29) is 30.6 Å². The van der Waals surface area contributed by atoms with Crippen LogP contribution < -0.4 is 5.73 Å². The Kier molecular flexibility index (Phi) is 8.10. The molecule has 6 heteroatoms. The molecular formula is C21H33N3O3. The van der Waals surface area contributed by atoms with Gasteiger partial charge in [0.15, 0.2) is 0 Å². The van der Waals surface area contributed by atoms with E-state index in [9.17, 15) is 9.59 Å². The Balaban J connectivity index is 1.98. The molecule has 1 aromatic carbocycles. The minimum absolute atomic E-state index is 0.0229. The molecular weight excluding hydrogens is 342 g/mol. The van der Waals surface area contributed by atoms with Crippen molar-refractivity contribution in [3.63, 3.8) is 0 Å². The smallest absolute Gasteiger partial charge is 0.410 e. The molecule has 0 radical (unpaired) electrons. The fourth-order valence-corrected chi connectivity index (χ4v) is 3.36. The number of ether oxygens (including phenoxy) is 1. The van der Waals surface area contributed by atoms with E-state index >= 15 is 0 Å². The highest BCUT2D eigenvalue weighted by atomic mass is 16.6. The number of nitrogens with two attached hydrogens (primary N) is 1. The molecule has 2 amide bonds. The highest BCUT2D eigenvalue weighted by Crippen LogP contribution is 2.20. The van der Waals surface area contributed by atoms with Crippen LogP contribution in [0.2, 0.25) is 0 Å².